The van der Waals surface area contributed by atoms with Crippen LogP contribution in [0.25, 0.3) is 11.2 Å². The number of aliphatic hydroxyl groups is 1. The maximum absolute atomic E-state index is 13.2. The molecule has 0 aromatic carbocycles. The molecule has 1 N–H and O–H groups in total. The number of hydrogen-bond acceptors (Lipinski definition) is 6. The van der Waals surface area contributed by atoms with Gasteiger partial charge in [0.15, 0.2) is 11.2 Å². The van der Waals surface area contributed by atoms with Gasteiger partial charge in [-0.3, -0.25) is 23.5 Å². The van der Waals surface area contributed by atoms with Gasteiger partial charge in [0, 0.05) is 26.4 Å². The molecule has 3 aromatic rings. The van der Waals surface area contributed by atoms with Gasteiger partial charge in [0.25, 0.3) is 11.6 Å². The smallest absolute Gasteiger partial charge is 0.332 e. The molecule has 1 aliphatic rings. The molecule has 0 saturated heterocycles. The molecule has 0 amide bonds. The molecule has 0 atom stereocenters. The van der Waals surface area contributed by atoms with Crippen molar-refractivity contribution in [2.75, 3.05) is 6.61 Å². The summed E-state index contributed by atoms with van der Waals surface area (Å²) < 4.78 is 10.3. The molecule has 4 rings (SSSR count). The van der Waals surface area contributed by atoms with Crippen LogP contribution < -0.4 is 16.0 Å². The van der Waals surface area contributed by atoms with Crippen molar-refractivity contribution in [3.8, 4) is 6.01 Å². The Morgan fingerprint density at radius 1 is 1.24 bits per heavy atom. The zero-order valence-corrected chi connectivity index (χ0v) is 16.7. The van der Waals surface area contributed by atoms with E-state index in [9.17, 15) is 9.59 Å². The number of aryl methyl sites for hydroxylation is 2. The van der Waals surface area contributed by atoms with E-state index in [0.717, 1.165) is 35.1 Å². The van der Waals surface area contributed by atoms with Gasteiger partial charge in [-0.25, -0.2) is 4.79 Å². The minimum absolute atomic E-state index is 0.0742. The first-order valence-corrected chi connectivity index (χ1v) is 9.88. The van der Waals surface area contributed by atoms with Crippen LogP contribution in [0.3, 0.4) is 0 Å². The Morgan fingerprint density at radius 2 is 2.03 bits per heavy atom. The van der Waals surface area contributed by atoms with E-state index in [2.05, 4.69) is 9.97 Å². The summed E-state index contributed by atoms with van der Waals surface area (Å²) in [4.78, 5) is 34.8. The van der Waals surface area contributed by atoms with Crippen molar-refractivity contribution in [2.24, 2.45) is 7.05 Å². The van der Waals surface area contributed by atoms with Crippen LogP contribution in [0.4, 0.5) is 0 Å². The highest BCUT2D eigenvalue weighted by atomic mass is 16.5. The Labute approximate surface area is 167 Å². The van der Waals surface area contributed by atoms with Gasteiger partial charge >= 0.3 is 5.69 Å². The fourth-order valence-electron chi connectivity index (χ4n) is 3.41. The molecule has 29 heavy (non-hydrogen) atoms. The number of hydrogen-bond donors (Lipinski definition) is 1. The van der Waals surface area contributed by atoms with Crippen molar-refractivity contribution in [1.29, 1.82) is 0 Å². The van der Waals surface area contributed by atoms with Gasteiger partial charge in [-0.05, 0) is 44.2 Å². The average Bonchev–Trinajstić information content (AvgIpc) is 3.03. The summed E-state index contributed by atoms with van der Waals surface area (Å²) in [6.45, 7) is 2.32. The number of aliphatic hydroxyl groups excluding tert-OH is 1. The second-order valence-corrected chi connectivity index (χ2v) is 7.53. The van der Waals surface area contributed by atoms with Gasteiger partial charge in [-0.1, -0.05) is 6.07 Å². The number of ether oxygens (including phenoxy) is 1. The molecule has 1 fully saturated rings. The monoisotopic (exact) mass is 399 g/mol. The lowest BCUT2D eigenvalue weighted by molar-refractivity contribution is 0.104. The number of fused-ring (bicyclic) bond motifs is 1. The second kappa shape index (κ2) is 7.82. The predicted octanol–water partition coefficient (Wildman–Crippen LogP) is 0.962. The SMILES string of the molecule is Cc1ccc(Cn2c(OC3CCC3)nc3c2c(=O)n(CCCO)c(=O)n3C)nc1. The van der Waals surface area contributed by atoms with Crippen LogP contribution in [0.2, 0.25) is 0 Å². The maximum Gasteiger partial charge on any atom is 0.332 e. The highest BCUT2D eigenvalue weighted by Crippen LogP contribution is 2.27. The van der Waals surface area contributed by atoms with Crippen LogP contribution in [-0.4, -0.2) is 41.5 Å². The summed E-state index contributed by atoms with van der Waals surface area (Å²) >= 11 is 0. The zero-order valence-electron chi connectivity index (χ0n) is 16.7. The Balaban J connectivity index is 1.89. The summed E-state index contributed by atoms with van der Waals surface area (Å²) in [6, 6.07) is 4.20. The molecule has 0 unspecified atom stereocenters. The van der Waals surface area contributed by atoms with E-state index in [-0.39, 0.29) is 19.3 Å². The highest BCUT2D eigenvalue weighted by Gasteiger charge is 2.26. The lowest BCUT2D eigenvalue weighted by atomic mass is 9.96. The lowest BCUT2D eigenvalue weighted by Crippen LogP contribution is -2.40. The topological polar surface area (TPSA) is 104 Å². The van der Waals surface area contributed by atoms with Crippen molar-refractivity contribution in [3.05, 3.63) is 50.4 Å². The molecule has 154 valence electrons. The first kappa shape index (κ1) is 19.4. The molecule has 9 nitrogen and oxygen atoms in total. The molecule has 0 radical (unpaired) electrons. The average molecular weight is 399 g/mol. The fraction of sp³-hybridized carbons (Fsp3) is 0.500. The second-order valence-electron chi connectivity index (χ2n) is 7.53. The summed E-state index contributed by atoms with van der Waals surface area (Å²) in [5.74, 6) is 0. The normalized spacial score (nSPS) is 14.3. The molecule has 9 heteroatoms. The van der Waals surface area contributed by atoms with E-state index in [1.165, 1.54) is 4.57 Å². The van der Waals surface area contributed by atoms with Crippen LogP contribution in [0.1, 0.15) is 36.9 Å². The zero-order chi connectivity index (χ0) is 20.5. The summed E-state index contributed by atoms with van der Waals surface area (Å²) in [5.41, 5.74) is 1.53. The summed E-state index contributed by atoms with van der Waals surface area (Å²) in [5, 5.41) is 9.13. The molecule has 3 aromatic heterocycles. The minimum atomic E-state index is -0.454. The van der Waals surface area contributed by atoms with Crippen LogP contribution >= 0.6 is 0 Å². The van der Waals surface area contributed by atoms with Crippen LogP contribution in [0, 0.1) is 6.92 Å². The fourth-order valence-corrected chi connectivity index (χ4v) is 3.41. The van der Waals surface area contributed by atoms with E-state index in [0.29, 0.717) is 30.1 Å². The van der Waals surface area contributed by atoms with Crippen molar-refractivity contribution in [2.45, 2.75) is 51.8 Å². The van der Waals surface area contributed by atoms with E-state index < -0.39 is 11.2 Å². The molecule has 0 bridgehead atoms. The minimum Gasteiger partial charge on any atom is -0.461 e. The van der Waals surface area contributed by atoms with Gasteiger partial charge in [0.2, 0.25) is 0 Å². The van der Waals surface area contributed by atoms with Crippen LogP contribution in [0.5, 0.6) is 6.01 Å². The standard InChI is InChI=1S/C20H25N5O4/c1-13-7-8-14(21-11-13)12-25-16-17(22-19(25)29-15-5-3-6-15)23(2)20(28)24(18(16)27)9-4-10-26/h7-8,11,15,26H,3-6,9-10,12H2,1-2H3. The number of aromatic nitrogens is 5. The number of rotatable bonds is 7. The van der Waals surface area contributed by atoms with Gasteiger partial charge in [-0.15, -0.1) is 0 Å². The molecule has 0 aliphatic heterocycles. The maximum atomic E-state index is 13.2. The van der Waals surface area contributed by atoms with Crippen molar-refractivity contribution in [1.82, 2.24) is 23.7 Å². The van der Waals surface area contributed by atoms with Crippen LogP contribution in [0.15, 0.2) is 27.9 Å². The number of nitrogens with zero attached hydrogens (tertiary/aromatic N) is 5. The summed E-state index contributed by atoms with van der Waals surface area (Å²) in [7, 11) is 1.59. The first-order valence-electron chi connectivity index (χ1n) is 9.88. The Bertz CT molecular complexity index is 1140. The Kier molecular flexibility index (Phi) is 5.23. The highest BCUT2D eigenvalue weighted by molar-refractivity contribution is 5.72. The van der Waals surface area contributed by atoms with E-state index in [1.54, 1.807) is 17.8 Å². The summed E-state index contributed by atoms with van der Waals surface area (Å²) in [6.07, 6.45) is 5.18. The molecule has 1 aliphatic carbocycles. The van der Waals surface area contributed by atoms with Crippen molar-refractivity contribution >= 4 is 11.2 Å². The third kappa shape index (κ3) is 3.57. The Hall–Kier alpha value is -2.94. The molecule has 3 heterocycles. The van der Waals surface area contributed by atoms with Gasteiger partial charge in [0.05, 0.1) is 12.2 Å². The van der Waals surface area contributed by atoms with Gasteiger partial charge in [0.1, 0.15) is 6.10 Å². The third-order valence-electron chi connectivity index (χ3n) is 5.35. The van der Waals surface area contributed by atoms with Gasteiger partial charge in [-0.2, -0.15) is 4.98 Å². The van der Waals surface area contributed by atoms with E-state index >= 15 is 0 Å². The predicted molar refractivity (Wildman–Crippen MR) is 107 cm³/mol. The largest absolute Gasteiger partial charge is 0.461 e. The van der Waals surface area contributed by atoms with E-state index in [1.807, 2.05) is 19.1 Å². The number of imidazole rings is 1. The quantitative estimate of drug-likeness (QED) is 0.635. The van der Waals surface area contributed by atoms with Crippen molar-refractivity contribution in [3.63, 3.8) is 0 Å². The Morgan fingerprint density at radius 3 is 2.66 bits per heavy atom. The third-order valence-corrected chi connectivity index (χ3v) is 5.35. The molecular weight excluding hydrogens is 374 g/mol. The van der Waals surface area contributed by atoms with E-state index in [4.69, 9.17) is 9.84 Å². The van der Waals surface area contributed by atoms with Gasteiger partial charge < -0.3 is 9.84 Å². The first-order chi connectivity index (χ1) is 14.0. The molecule has 1 saturated carbocycles. The number of pyridine rings is 1. The molecule has 0 spiro atoms. The lowest BCUT2D eigenvalue weighted by Gasteiger charge is -2.25. The molecular formula is C20H25N5O4. The van der Waals surface area contributed by atoms with Crippen molar-refractivity contribution < 1.29 is 9.84 Å². The van der Waals surface area contributed by atoms with Crippen LogP contribution in [-0.2, 0) is 20.1 Å².